The Hall–Kier alpha value is -1.46. The first kappa shape index (κ1) is 16.6. The number of hydrogen-bond acceptors (Lipinski definition) is 4. The van der Waals surface area contributed by atoms with Crippen molar-refractivity contribution in [3.05, 3.63) is 22.7 Å². The molecule has 1 atom stereocenters. The topological polar surface area (TPSA) is 67.8 Å². The summed E-state index contributed by atoms with van der Waals surface area (Å²) >= 11 is 6.10. The van der Waals surface area contributed by atoms with Crippen LogP contribution in [0.15, 0.2) is 12.1 Å². The second kappa shape index (κ2) is 7.36. The Morgan fingerprint density at radius 3 is 2.55 bits per heavy atom. The number of carbonyl (C=O) groups is 1. The fourth-order valence-corrected chi connectivity index (χ4v) is 1.89. The number of amides is 1. The minimum atomic E-state index is -0.705. The zero-order valence-electron chi connectivity index (χ0n) is 12.1. The summed E-state index contributed by atoms with van der Waals surface area (Å²) in [5.41, 5.74) is 0.610. The van der Waals surface area contributed by atoms with Gasteiger partial charge in [-0.05, 0) is 38.5 Å². The number of rotatable bonds is 6. The second-order valence-electron chi connectivity index (χ2n) is 4.69. The van der Waals surface area contributed by atoms with Crippen LogP contribution in [0.5, 0.6) is 11.5 Å². The van der Waals surface area contributed by atoms with Crippen LogP contribution in [0.25, 0.3) is 0 Å². The molecule has 0 aromatic heterocycles. The fourth-order valence-electron chi connectivity index (χ4n) is 1.61. The van der Waals surface area contributed by atoms with Crippen molar-refractivity contribution in [3.63, 3.8) is 0 Å². The van der Waals surface area contributed by atoms with Crippen molar-refractivity contribution in [2.45, 2.75) is 39.5 Å². The maximum Gasteiger partial charge on any atom is 0.260 e. The molecule has 1 aromatic carbocycles. The lowest BCUT2D eigenvalue weighted by molar-refractivity contribution is -0.127. The quantitative estimate of drug-likeness (QED) is 0.844. The van der Waals surface area contributed by atoms with Gasteiger partial charge in [0.1, 0.15) is 0 Å². The van der Waals surface area contributed by atoms with Crippen LogP contribution >= 0.6 is 11.6 Å². The van der Waals surface area contributed by atoms with E-state index in [2.05, 4.69) is 5.32 Å². The second-order valence-corrected chi connectivity index (χ2v) is 5.10. The van der Waals surface area contributed by atoms with Gasteiger partial charge >= 0.3 is 0 Å². The van der Waals surface area contributed by atoms with E-state index in [1.54, 1.807) is 19.1 Å². The molecule has 1 amide bonds. The Balaban J connectivity index is 2.94. The SMILES string of the molecule is COc1cc(CO)cc(Cl)c1OC(C)C(=O)NC(C)C. The Kier molecular flexibility index (Phi) is 6.10. The van der Waals surface area contributed by atoms with Gasteiger partial charge in [-0.3, -0.25) is 4.79 Å². The standard InChI is InChI=1S/C14H20ClNO4/c1-8(2)16-14(18)9(3)20-13-11(15)5-10(7-17)6-12(13)19-4/h5-6,8-9,17H,7H2,1-4H3,(H,16,18). The number of nitrogens with one attached hydrogen (secondary N) is 1. The number of carbonyl (C=O) groups excluding carboxylic acids is 1. The van der Waals surface area contributed by atoms with E-state index >= 15 is 0 Å². The number of aliphatic hydroxyl groups is 1. The van der Waals surface area contributed by atoms with Crippen molar-refractivity contribution >= 4 is 17.5 Å². The zero-order valence-corrected chi connectivity index (χ0v) is 12.8. The van der Waals surface area contributed by atoms with Gasteiger partial charge < -0.3 is 19.9 Å². The highest BCUT2D eigenvalue weighted by atomic mass is 35.5. The summed E-state index contributed by atoms with van der Waals surface area (Å²) in [5.74, 6) is 0.438. The monoisotopic (exact) mass is 301 g/mol. The minimum Gasteiger partial charge on any atom is -0.493 e. The van der Waals surface area contributed by atoms with Gasteiger partial charge in [-0.2, -0.15) is 0 Å². The molecule has 1 aromatic rings. The third kappa shape index (κ3) is 4.28. The molecule has 0 aliphatic heterocycles. The number of benzene rings is 1. The van der Waals surface area contributed by atoms with Crippen molar-refractivity contribution < 1.29 is 19.4 Å². The van der Waals surface area contributed by atoms with E-state index in [-0.39, 0.29) is 29.3 Å². The van der Waals surface area contributed by atoms with Crippen molar-refractivity contribution in [1.29, 1.82) is 0 Å². The van der Waals surface area contributed by atoms with Gasteiger partial charge in [-0.15, -0.1) is 0 Å². The molecule has 0 aliphatic rings. The molecule has 1 unspecified atom stereocenters. The van der Waals surface area contributed by atoms with Gasteiger partial charge in [-0.25, -0.2) is 0 Å². The van der Waals surface area contributed by atoms with E-state index < -0.39 is 6.10 Å². The van der Waals surface area contributed by atoms with Crippen LogP contribution < -0.4 is 14.8 Å². The van der Waals surface area contributed by atoms with Gasteiger partial charge in [0.25, 0.3) is 5.91 Å². The molecular weight excluding hydrogens is 282 g/mol. The highest BCUT2D eigenvalue weighted by Crippen LogP contribution is 2.37. The first-order chi connectivity index (χ1) is 9.38. The molecule has 0 spiro atoms. The summed E-state index contributed by atoms with van der Waals surface area (Å²) in [6.07, 6.45) is -0.705. The maximum atomic E-state index is 11.8. The van der Waals surface area contributed by atoms with Gasteiger partial charge in [-0.1, -0.05) is 11.6 Å². The van der Waals surface area contributed by atoms with E-state index in [1.807, 2.05) is 13.8 Å². The summed E-state index contributed by atoms with van der Waals surface area (Å²) in [4.78, 5) is 11.8. The molecule has 0 bridgehead atoms. The molecule has 0 radical (unpaired) electrons. The van der Waals surface area contributed by atoms with Crippen molar-refractivity contribution in [2.24, 2.45) is 0 Å². The predicted octanol–water partition coefficient (Wildman–Crippen LogP) is 2.13. The first-order valence-electron chi connectivity index (χ1n) is 6.33. The van der Waals surface area contributed by atoms with Gasteiger partial charge in [0.05, 0.1) is 18.7 Å². The summed E-state index contributed by atoms with van der Waals surface area (Å²) in [6.45, 7) is 5.22. The Morgan fingerprint density at radius 1 is 1.40 bits per heavy atom. The Morgan fingerprint density at radius 2 is 2.05 bits per heavy atom. The Labute approximate surface area is 123 Å². The minimum absolute atomic E-state index is 0.0303. The molecule has 2 N–H and O–H groups in total. The average Bonchev–Trinajstić information content (AvgIpc) is 2.39. The normalized spacial score (nSPS) is 12.2. The van der Waals surface area contributed by atoms with E-state index in [0.29, 0.717) is 11.3 Å². The van der Waals surface area contributed by atoms with Crippen LogP contribution in [-0.2, 0) is 11.4 Å². The molecule has 0 aliphatic carbocycles. The number of hydrogen-bond donors (Lipinski definition) is 2. The molecule has 20 heavy (non-hydrogen) atoms. The Bertz CT molecular complexity index is 476. The lowest BCUT2D eigenvalue weighted by Gasteiger charge is -2.19. The third-order valence-electron chi connectivity index (χ3n) is 2.57. The highest BCUT2D eigenvalue weighted by Gasteiger charge is 2.20. The summed E-state index contributed by atoms with van der Waals surface area (Å²) < 4.78 is 10.8. The molecular formula is C14H20ClNO4. The molecule has 0 fully saturated rings. The summed E-state index contributed by atoms with van der Waals surface area (Å²) in [7, 11) is 1.47. The molecule has 112 valence electrons. The van der Waals surface area contributed by atoms with Crippen molar-refractivity contribution in [3.8, 4) is 11.5 Å². The maximum absolute atomic E-state index is 11.8. The van der Waals surface area contributed by atoms with Gasteiger partial charge in [0.15, 0.2) is 17.6 Å². The van der Waals surface area contributed by atoms with E-state index in [1.165, 1.54) is 7.11 Å². The number of methoxy groups -OCH3 is 1. The lowest BCUT2D eigenvalue weighted by Crippen LogP contribution is -2.40. The molecule has 1 rings (SSSR count). The van der Waals surface area contributed by atoms with Crippen molar-refractivity contribution in [1.82, 2.24) is 5.32 Å². The molecule has 0 saturated carbocycles. The van der Waals surface area contributed by atoms with Crippen molar-refractivity contribution in [2.75, 3.05) is 7.11 Å². The molecule has 6 heteroatoms. The number of aliphatic hydroxyl groups excluding tert-OH is 1. The number of ether oxygens (including phenoxy) is 2. The van der Waals surface area contributed by atoms with Crippen LogP contribution in [-0.4, -0.2) is 30.3 Å². The predicted molar refractivity (Wildman–Crippen MR) is 77.3 cm³/mol. The molecule has 0 saturated heterocycles. The van der Waals surface area contributed by atoms with Crippen LogP contribution in [0, 0.1) is 0 Å². The van der Waals surface area contributed by atoms with Gasteiger partial charge in [0.2, 0.25) is 0 Å². The highest BCUT2D eigenvalue weighted by molar-refractivity contribution is 6.32. The molecule has 0 heterocycles. The van der Waals surface area contributed by atoms with Crippen LogP contribution in [0.3, 0.4) is 0 Å². The first-order valence-corrected chi connectivity index (χ1v) is 6.71. The van der Waals surface area contributed by atoms with Crippen LogP contribution in [0.2, 0.25) is 5.02 Å². The average molecular weight is 302 g/mol. The summed E-state index contributed by atoms with van der Waals surface area (Å²) in [6, 6.07) is 3.23. The van der Waals surface area contributed by atoms with E-state index in [0.717, 1.165) is 0 Å². The fraction of sp³-hybridized carbons (Fsp3) is 0.500. The largest absolute Gasteiger partial charge is 0.493 e. The van der Waals surface area contributed by atoms with E-state index in [9.17, 15) is 4.79 Å². The number of halogens is 1. The van der Waals surface area contributed by atoms with Crippen LogP contribution in [0.1, 0.15) is 26.3 Å². The lowest BCUT2D eigenvalue weighted by atomic mass is 10.2. The van der Waals surface area contributed by atoms with Crippen LogP contribution in [0.4, 0.5) is 0 Å². The van der Waals surface area contributed by atoms with Gasteiger partial charge in [0, 0.05) is 6.04 Å². The van der Waals surface area contributed by atoms with E-state index in [4.69, 9.17) is 26.2 Å². The third-order valence-corrected chi connectivity index (χ3v) is 2.85. The zero-order chi connectivity index (χ0) is 15.3. The molecule has 5 nitrogen and oxygen atoms in total. The smallest absolute Gasteiger partial charge is 0.260 e. The summed E-state index contributed by atoms with van der Waals surface area (Å²) in [5, 5.41) is 12.2.